The predicted molar refractivity (Wildman–Crippen MR) is 87.7 cm³/mol. The molecule has 0 fully saturated rings. The average Bonchev–Trinajstić information content (AvgIpc) is 2.61. The zero-order chi connectivity index (χ0) is 16.2. The van der Waals surface area contributed by atoms with Gasteiger partial charge in [0.25, 0.3) is 0 Å². The fourth-order valence-electron chi connectivity index (χ4n) is 2.53. The minimum absolute atomic E-state index is 0.190. The fourth-order valence-corrected chi connectivity index (χ4v) is 2.53. The number of hydrogen-bond acceptors (Lipinski definition) is 3. The minimum Gasteiger partial charge on any atom is -0.469 e. The quantitative estimate of drug-likeness (QED) is 0.682. The van der Waals surface area contributed by atoms with E-state index < -0.39 is 6.67 Å². The highest BCUT2D eigenvalue weighted by atomic mass is 19.1. The van der Waals surface area contributed by atoms with E-state index in [1.165, 1.54) is 7.11 Å². The van der Waals surface area contributed by atoms with Crippen LogP contribution in [0.15, 0.2) is 54.6 Å². The molecule has 0 radical (unpaired) electrons. The molecule has 3 aromatic rings. The Balaban J connectivity index is 2.11. The lowest BCUT2D eigenvalue weighted by Crippen LogP contribution is -2.05. The van der Waals surface area contributed by atoms with Gasteiger partial charge in [0.15, 0.2) is 0 Å². The van der Waals surface area contributed by atoms with Crippen molar-refractivity contribution in [2.45, 2.75) is 13.1 Å². The third-order valence-corrected chi connectivity index (χ3v) is 3.77. The van der Waals surface area contributed by atoms with Gasteiger partial charge in [-0.3, -0.25) is 4.79 Å². The Labute approximate surface area is 133 Å². The summed E-state index contributed by atoms with van der Waals surface area (Å²) in [5.41, 5.74) is 3.96. The summed E-state index contributed by atoms with van der Waals surface area (Å²) in [6.45, 7) is -0.487. The van der Waals surface area contributed by atoms with Crippen molar-refractivity contribution in [3.05, 3.63) is 65.7 Å². The molecule has 3 rings (SSSR count). The van der Waals surface area contributed by atoms with Gasteiger partial charge in [-0.2, -0.15) is 0 Å². The molecule has 1 heterocycles. The minimum atomic E-state index is -0.487. The van der Waals surface area contributed by atoms with Crippen molar-refractivity contribution in [3.8, 4) is 11.3 Å². The summed E-state index contributed by atoms with van der Waals surface area (Å²) in [5.74, 6) is -0.292. The van der Waals surface area contributed by atoms with Crippen LogP contribution in [-0.2, 0) is 22.6 Å². The number of nitrogens with zero attached hydrogens (tertiary/aromatic N) is 1. The summed E-state index contributed by atoms with van der Waals surface area (Å²) in [4.78, 5) is 16.3. The number of carbonyl (C=O) groups excluding carboxylic acids is 1. The number of pyridine rings is 1. The first-order valence-electron chi connectivity index (χ1n) is 7.32. The molecular weight excluding hydrogens is 293 g/mol. The van der Waals surface area contributed by atoms with E-state index in [1.807, 2.05) is 42.5 Å². The largest absolute Gasteiger partial charge is 0.469 e. The van der Waals surface area contributed by atoms with Crippen LogP contribution in [-0.4, -0.2) is 18.1 Å². The van der Waals surface area contributed by atoms with Gasteiger partial charge in [-0.15, -0.1) is 0 Å². The number of para-hydroxylation sites is 1. The molecule has 0 aliphatic rings. The first-order chi connectivity index (χ1) is 11.2. The van der Waals surface area contributed by atoms with E-state index in [1.54, 1.807) is 12.1 Å². The molecule has 4 heteroatoms. The van der Waals surface area contributed by atoms with Crippen LogP contribution in [0, 0.1) is 0 Å². The standard InChI is InChI=1S/C19H16FNO2/c1-23-19(22)11-15-10-18(14-8-6-13(12-20)7-9-14)21-17-5-3-2-4-16(15)17/h2-10H,11-12H2,1H3. The molecule has 0 unspecified atom stereocenters. The van der Waals surface area contributed by atoms with Gasteiger partial charge in [0.2, 0.25) is 0 Å². The van der Waals surface area contributed by atoms with Gasteiger partial charge in [-0.25, -0.2) is 9.37 Å². The van der Waals surface area contributed by atoms with Crippen LogP contribution >= 0.6 is 0 Å². The second-order valence-electron chi connectivity index (χ2n) is 5.27. The molecule has 0 spiro atoms. The Bertz CT molecular complexity index is 844. The van der Waals surface area contributed by atoms with E-state index in [4.69, 9.17) is 4.74 Å². The summed E-state index contributed by atoms with van der Waals surface area (Å²) in [6, 6.07) is 16.7. The SMILES string of the molecule is COC(=O)Cc1cc(-c2ccc(CF)cc2)nc2ccccc12. The normalized spacial score (nSPS) is 10.7. The molecule has 0 amide bonds. The van der Waals surface area contributed by atoms with Crippen molar-refractivity contribution >= 4 is 16.9 Å². The molecule has 116 valence electrons. The number of ether oxygens (including phenoxy) is 1. The number of hydrogen-bond donors (Lipinski definition) is 0. The van der Waals surface area contributed by atoms with E-state index >= 15 is 0 Å². The first kappa shape index (κ1) is 15.2. The summed E-state index contributed by atoms with van der Waals surface area (Å²) < 4.78 is 17.4. The molecule has 3 nitrogen and oxygen atoms in total. The van der Waals surface area contributed by atoms with Crippen molar-refractivity contribution in [2.75, 3.05) is 7.11 Å². The molecule has 0 N–H and O–H groups in total. The number of esters is 1. The molecule has 0 aliphatic heterocycles. The summed E-state index contributed by atoms with van der Waals surface area (Å²) in [7, 11) is 1.38. The lowest BCUT2D eigenvalue weighted by molar-refractivity contribution is -0.139. The van der Waals surface area contributed by atoms with E-state index in [-0.39, 0.29) is 12.4 Å². The van der Waals surface area contributed by atoms with Crippen LogP contribution in [0.4, 0.5) is 4.39 Å². The van der Waals surface area contributed by atoms with Crippen LogP contribution in [0.3, 0.4) is 0 Å². The number of benzene rings is 2. The summed E-state index contributed by atoms with van der Waals surface area (Å²) in [5, 5.41) is 0.932. The van der Waals surface area contributed by atoms with Crippen molar-refractivity contribution < 1.29 is 13.9 Å². The van der Waals surface area contributed by atoms with E-state index in [0.717, 1.165) is 27.7 Å². The van der Waals surface area contributed by atoms with Gasteiger partial charge in [0.1, 0.15) is 6.67 Å². The van der Waals surface area contributed by atoms with Gasteiger partial charge in [-0.05, 0) is 23.3 Å². The van der Waals surface area contributed by atoms with Gasteiger partial charge in [-0.1, -0.05) is 42.5 Å². The third kappa shape index (κ3) is 3.21. The number of fused-ring (bicyclic) bond motifs is 1. The van der Waals surface area contributed by atoms with Crippen molar-refractivity contribution in [3.63, 3.8) is 0 Å². The maximum absolute atomic E-state index is 12.6. The number of methoxy groups -OCH3 is 1. The Hall–Kier alpha value is -2.75. The number of aromatic nitrogens is 1. The molecule has 1 aromatic heterocycles. The smallest absolute Gasteiger partial charge is 0.310 e. The van der Waals surface area contributed by atoms with Crippen LogP contribution < -0.4 is 0 Å². The highest BCUT2D eigenvalue weighted by molar-refractivity contribution is 5.88. The summed E-state index contributed by atoms with van der Waals surface area (Å²) >= 11 is 0. The van der Waals surface area contributed by atoms with E-state index in [0.29, 0.717) is 5.56 Å². The zero-order valence-corrected chi connectivity index (χ0v) is 12.8. The van der Waals surface area contributed by atoms with Gasteiger partial charge in [0, 0.05) is 10.9 Å². The molecule has 0 saturated heterocycles. The average molecular weight is 309 g/mol. The second kappa shape index (κ2) is 6.57. The maximum Gasteiger partial charge on any atom is 0.310 e. The lowest BCUT2D eigenvalue weighted by Gasteiger charge is -2.09. The molecule has 0 aliphatic carbocycles. The van der Waals surface area contributed by atoms with E-state index in [2.05, 4.69) is 4.98 Å². The first-order valence-corrected chi connectivity index (χ1v) is 7.32. The summed E-state index contributed by atoms with van der Waals surface area (Å²) in [6.07, 6.45) is 0.190. The molecular formula is C19H16FNO2. The zero-order valence-electron chi connectivity index (χ0n) is 12.8. The Morgan fingerprint density at radius 3 is 2.57 bits per heavy atom. The third-order valence-electron chi connectivity index (χ3n) is 3.77. The molecule has 0 atom stereocenters. The van der Waals surface area contributed by atoms with Crippen LogP contribution in [0.25, 0.3) is 22.2 Å². The Morgan fingerprint density at radius 1 is 1.13 bits per heavy atom. The number of halogens is 1. The maximum atomic E-state index is 12.6. The van der Waals surface area contributed by atoms with Crippen LogP contribution in [0.2, 0.25) is 0 Å². The molecule has 0 bridgehead atoms. The van der Waals surface area contributed by atoms with Gasteiger partial charge in [0.05, 0.1) is 24.7 Å². The van der Waals surface area contributed by atoms with Crippen molar-refractivity contribution in [1.29, 1.82) is 0 Å². The Kier molecular flexibility index (Phi) is 4.33. The predicted octanol–water partition coefficient (Wildman–Crippen LogP) is 4.09. The fraction of sp³-hybridized carbons (Fsp3) is 0.158. The highest BCUT2D eigenvalue weighted by Gasteiger charge is 2.11. The molecule has 2 aromatic carbocycles. The van der Waals surface area contributed by atoms with E-state index in [9.17, 15) is 9.18 Å². The number of carbonyl (C=O) groups is 1. The molecule has 0 saturated carbocycles. The Morgan fingerprint density at radius 2 is 1.87 bits per heavy atom. The monoisotopic (exact) mass is 309 g/mol. The molecule has 23 heavy (non-hydrogen) atoms. The highest BCUT2D eigenvalue weighted by Crippen LogP contribution is 2.25. The van der Waals surface area contributed by atoms with Crippen LogP contribution in [0.5, 0.6) is 0 Å². The number of alkyl halides is 1. The van der Waals surface area contributed by atoms with Crippen molar-refractivity contribution in [2.24, 2.45) is 0 Å². The topological polar surface area (TPSA) is 39.2 Å². The van der Waals surface area contributed by atoms with Crippen molar-refractivity contribution in [1.82, 2.24) is 4.98 Å². The van der Waals surface area contributed by atoms with Gasteiger partial charge >= 0.3 is 5.97 Å². The second-order valence-corrected chi connectivity index (χ2v) is 5.27. The number of rotatable bonds is 4. The lowest BCUT2D eigenvalue weighted by atomic mass is 10.0. The van der Waals surface area contributed by atoms with Gasteiger partial charge < -0.3 is 4.74 Å². The van der Waals surface area contributed by atoms with Crippen LogP contribution in [0.1, 0.15) is 11.1 Å².